The zero-order valence-corrected chi connectivity index (χ0v) is 16.1. The zero-order valence-electron chi connectivity index (χ0n) is 15.3. The van der Waals surface area contributed by atoms with Crippen molar-refractivity contribution < 1.29 is 14.3 Å². The van der Waals surface area contributed by atoms with E-state index in [2.05, 4.69) is 5.32 Å². The van der Waals surface area contributed by atoms with E-state index in [-0.39, 0.29) is 23.8 Å². The normalized spacial score (nSPS) is 16.6. The van der Waals surface area contributed by atoms with Crippen molar-refractivity contribution in [3.8, 4) is 5.75 Å². The number of carbonyl (C=O) groups excluding carboxylic acids is 2. The van der Waals surface area contributed by atoms with Gasteiger partial charge in [-0.05, 0) is 50.5 Å². The number of rotatable bonds is 5. The Kier molecular flexibility index (Phi) is 6.71. The Morgan fingerprint density at radius 2 is 1.88 bits per heavy atom. The third kappa shape index (κ3) is 5.36. The molecule has 1 aliphatic heterocycles. The lowest BCUT2D eigenvalue weighted by Crippen LogP contribution is -2.49. The van der Waals surface area contributed by atoms with Gasteiger partial charge < -0.3 is 15.0 Å². The fourth-order valence-corrected chi connectivity index (χ4v) is 3.14. The Balaban J connectivity index is 1.83. The number of amides is 2. The smallest absolute Gasteiger partial charge is 0.260 e. The molecule has 1 saturated heterocycles. The maximum Gasteiger partial charge on any atom is 0.260 e. The number of benzene rings is 1. The zero-order chi connectivity index (χ0) is 18.6. The number of likely N-dealkylation sites (tertiary alicyclic amines) is 1. The molecule has 5 nitrogen and oxygen atoms in total. The third-order valence-corrected chi connectivity index (χ3v) is 4.69. The second-order valence-corrected chi connectivity index (χ2v) is 7.37. The Hall–Kier alpha value is -1.75. The van der Waals surface area contributed by atoms with Crippen molar-refractivity contribution in [2.75, 3.05) is 13.1 Å². The summed E-state index contributed by atoms with van der Waals surface area (Å²) in [6.07, 6.45) is 0.962. The first-order valence-corrected chi connectivity index (χ1v) is 9.17. The predicted molar refractivity (Wildman–Crippen MR) is 98.9 cm³/mol. The minimum Gasteiger partial charge on any atom is -0.481 e. The van der Waals surface area contributed by atoms with Crippen LogP contribution in [0.2, 0.25) is 5.02 Å². The summed E-state index contributed by atoms with van der Waals surface area (Å²) < 4.78 is 5.76. The SMILES string of the molecule is Cc1cc(Cl)ccc1OC(C)C(=O)NC1CCN(C(=O)C(C)C)CC1. The molecule has 1 aliphatic rings. The van der Waals surface area contributed by atoms with E-state index in [1.165, 1.54) is 0 Å². The number of hydrogen-bond acceptors (Lipinski definition) is 3. The molecule has 25 heavy (non-hydrogen) atoms. The fraction of sp³-hybridized carbons (Fsp3) is 0.579. The van der Waals surface area contributed by atoms with Crippen LogP contribution in [0.15, 0.2) is 18.2 Å². The number of ether oxygens (including phenoxy) is 1. The monoisotopic (exact) mass is 366 g/mol. The first-order valence-electron chi connectivity index (χ1n) is 8.80. The van der Waals surface area contributed by atoms with Crippen molar-refractivity contribution in [2.45, 2.75) is 52.7 Å². The van der Waals surface area contributed by atoms with Gasteiger partial charge in [0.1, 0.15) is 5.75 Å². The molecule has 1 aromatic rings. The molecular weight excluding hydrogens is 340 g/mol. The molecule has 1 atom stereocenters. The number of hydrogen-bond donors (Lipinski definition) is 1. The predicted octanol–water partition coefficient (Wildman–Crippen LogP) is 3.18. The number of aryl methyl sites for hydroxylation is 1. The molecule has 1 fully saturated rings. The molecule has 1 unspecified atom stereocenters. The number of nitrogens with one attached hydrogen (secondary N) is 1. The summed E-state index contributed by atoms with van der Waals surface area (Å²) in [4.78, 5) is 26.3. The summed E-state index contributed by atoms with van der Waals surface area (Å²) in [5.41, 5.74) is 0.896. The van der Waals surface area contributed by atoms with E-state index >= 15 is 0 Å². The van der Waals surface area contributed by atoms with Gasteiger partial charge in [0.25, 0.3) is 5.91 Å². The first kappa shape index (κ1) is 19.6. The van der Waals surface area contributed by atoms with Crippen LogP contribution in [0, 0.1) is 12.8 Å². The number of carbonyl (C=O) groups is 2. The summed E-state index contributed by atoms with van der Waals surface area (Å²) in [6.45, 7) is 8.83. The van der Waals surface area contributed by atoms with Crippen molar-refractivity contribution in [2.24, 2.45) is 5.92 Å². The molecule has 6 heteroatoms. The second-order valence-electron chi connectivity index (χ2n) is 6.93. The van der Waals surface area contributed by atoms with Crippen LogP contribution in [0.3, 0.4) is 0 Å². The molecule has 0 saturated carbocycles. The van der Waals surface area contributed by atoms with E-state index in [0.717, 1.165) is 18.4 Å². The van der Waals surface area contributed by atoms with Gasteiger partial charge >= 0.3 is 0 Å². The molecule has 2 amide bonds. The van der Waals surface area contributed by atoms with Crippen molar-refractivity contribution in [1.82, 2.24) is 10.2 Å². The van der Waals surface area contributed by atoms with Gasteiger partial charge in [0.05, 0.1) is 0 Å². The van der Waals surface area contributed by atoms with E-state index in [0.29, 0.717) is 23.9 Å². The van der Waals surface area contributed by atoms with Crippen LogP contribution in [0.1, 0.15) is 39.2 Å². The van der Waals surface area contributed by atoms with Crippen LogP contribution >= 0.6 is 11.6 Å². The maximum atomic E-state index is 12.4. The van der Waals surface area contributed by atoms with Crippen LogP contribution in [-0.2, 0) is 9.59 Å². The van der Waals surface area contributed by atoms with Crippen molar-refractivity contribution in [3.63, 3.8) is 0 Å². The largest absolute Gasteiger partial charge is 0.481 e. The third-order valence-electron chi connectivity index (χ3n) is 4.46. The summed E-state index contributed by atoms with van der Waals surface area (Å²) in [5, 5.41) is 3.67. The Bertz CT molecular complexity index is 625. The lowest BCUT2D eigenvalue weighted by Gasteiger charge is -2.33. The average Bonchev–Trinajstić information content (AvgIpc) is 2.57. The minimum absolute atomic E-state index is 0.0159. The number of piperidine rings is 1. The van der Waals surface area contributed by atoms with Gasteiger partial charge in [-0.25, -0.2) is 0 Å². The van der Waals surface area contributed by atoms with Crippen LogP contribution < -0.4 is 10.1 Å². The highest BCUT2D eigenvalue weighted by atomic mass is 35.5. The molecule has 1 heterocycles. The van der Waals surface area contributed by atoms with Gasteiger partial charge in [-0.15, -0.1) is 0 Å². The topological polar surface area (TPSA) is 58.6 Å². The molecule has 0 aliphatic carbocycles. The van der Waals surface area contributed by atoms with E-state index in [1.54, 1.807) is 19.1 Å². The highest BCUT2D eigenvalue weighted by molar-refractivity contribution is 6.30. The Morgan fingerprint density at radius 1 is 1.24 bits per heavy atom. The summed E-state index contributed by atoms with van der Waals surface area (Å²) in [6, 6.07) is 5.41. The van der Waals surface area contributed by atoms with E-state index < -0.39 is 6.10 Å². The van der Waals surface area contributed by atoms with Gasteiger partial charge in [0, 0.05) is 30.1 Å². The lowest BCUT2D eigenvalue weighted by atomic mass is 10.0. The molecule has 1 N–H and O–H groups in total. The van der Waals surface area contributed by atoms with Crippen LogP contribution in [0.25, 0.3) is 0 Å². The van der Waals surface area contributed by atoms with Crippen LogP contribution in [0.5, 0.6) is 5.75 Å². The van der Waals surface area contributed by atoms with E-state index in [1.807, 2.05) is 31.7 Å². The van der Waals surface area contributed by atoms with Gasteiger partial charge in [-0.3, -0.25) is 9.59 Å². The number of halogens is 1. The quantitative estimate of drug-likeness (QED) is 0.870. The summed E-state index contributed by atoms with van der Waals surface area (Å²) >= 11 is 5.94. The number of nitrogens with zero attached hydrogens (tertiary/aromatic N) is 1. The van der Waals surface area contributed by atoms with Crippen LogP contribution in [-0.4, -0.2) is 41.9 Å². The summed E-state index contributed by atoms with van der Waals surface area (Å²) in [5.74, 6) is 0.717. The highest BCUT2D eigenvalue weighted by Crippen LogP contribution is 2.23. The van der Waals surface area contributed by atoms with Gasteiger partial charge in [0.15, 0.2) is 6.10 Å². The highest BCUT2D eigenvalue weighted by Gasteiger charge is 2.26. The Labute approximate surface area is 154 Å². The van der Waals surface area contributed by atoms with Gasteiger partial charge in [-0.2, -0.15) is 0 Å². The van der Waals surface area contributed by atoms with Gasteiger partial charge in [0.2, 0.25) is 5.91 Å². The second kappa shape index (κ2) is 8.56. The van der Waals surface area contributed by atoms with Crippen molar-refractivity contribution >= 4 is 23.4 Å². The average molecular weight is 367 g/mol. The van der Waals surface area contributed by atoms with Crippen LogP contribution in [0.4, 0.5) is 0 Å². The van der Waals surface area contributed by atoms with Gasteiger partial charge in [-0.1, -0.05) is 25.4 Å². The molecular formula is C19H27ClN2O3. The maximum absolute atomic E-state index is 12.4. The van der Waals surface area contributed by atoms with E-state index in [4.69, 9.17) is 16.3 Å². The fourth-order valence-electron chi connectivity index (χ4n) is 2.92. The summed E-state index contributed by atoms with van der Waals surface area (Å²) in [7, 11) is 0. The standard InChI is InChI=1S/C19H27ClN2O3/c1-12(2)19(24)22-9-7-16(8-10-22)21-18(23)14(4)25-17-6-5-15(20)11-13(17)3/h5-6,11-12,14,16H,7-10H2,1-4H3,(H,21,23). The Morgan fingerprint density at radius 3 is 2.44 bits per heavy atom. The molecule has 2 rings (SSSR count). The molecule has 0 radical (unpaired) electrons. The molecule has 0 bridgehead atoms. The lowest BCUT2D eigenvalue weighted by molar-refractivity contribution is -0.135. The first-order chi connectivity index (χ1) is 11.8. The van der Waals surface area contributed by atoms with Crippen molar-refractivity contribution in [3.05, 3.63) is 28.8 Å². The molecule has 0 aromatic heterocycles. The van der Waals surface area contributed by atoms with Crippen molar-refractivity contribution in [1.29, 1.82) is 0 Å². The molecule has 1 aromatic carbocycles. The van der Waals surface area contributed by atoms with E-state index in [9.17, 15) is 9.59 Å². The minimum atomic E-state index is -0.588. The molecule has 138 valence electrons. The molecule has 0 spiro atoms.